The van der Waals surface area contributed by atoms with E-state index in [2.05, 4.69) is 62.1 Å². The Hall–Kier alpha value is -3.52. The van der Waals surface area contributed by atoms with Gasteiger partial charge in [-0.2, -0.15) is 0 Å². The summed E-state index contributed by atoms with van der Waals surface area (Å²) in [6.07, 6.45) is 6.70. The van der Waals surface area contributed by atoms with Crippen LogP contribution in [0.1, 0.15) is 85.6 Å². The summed E-state index contributed by atoms with van der Waals surface area (Å²) in [7, 11) is 1.70. The number of para-hydroxylation sites is 1. The molecular formula is C30H38N6O2. The SMILES string of the molecule is CC[C@H](c1nnnn1C1CCCCC1)N(Cc1ccccc1OC)Cc1cc2cc(C)cc(C)c2[nH]c1=O. The summed E-state index contributed by atoms with van der Waals surface area (Å²) in [5.74, 6) is 1.70. The Morgan fingerprint density at radius 1 is 1.08 bits per heavy atom. The van der Waals surface area contributed by atoms with Crippen molar-refractivity contribution in [2.45, 2.75) is 84.5 Å². The third kappa shape index (κ3) is 5.36. The molecule has 0 spiro atoms. The van der Waals surface area contributed by atoms with Crippen LogP contribution in [0.5, 0.6) is 5.75 Å². The van der Waals surface area contributed by atoms with Crippen LogP contribution in [0.4, 0.5) is 0 Å². The third-order valence-corrected chi connectivity index (χ3v) is 7.87. The molecule has 0 bridgehead atoms. The highest BCUT2D eigenvalue weighted by Gasteiger charge is 2.29. The van der Waals surface area contributed by atoms with E-state index in [1.54, 1.807) is 7.11 Å². The maximum Gasteiger partial charge on any atom is 0.252 e. The largest absolute Gasteiger partial charge is 0.496 e. The minimum Gasteiger partial charge on any atom is -0.496 e. The number of pyridine rings is 1. The molecule has 8 heteroatoms. The van der Waals surface area contributed by atoms with Gasteiger partial charge in [-0.05, 0) is 72.7 Å². The number of aryl methyl sites for hydroxylation is 2. The molecule has 0 unspecified atom stereocenters. The number of nitrogens with one attached hydrogen (secondary N) is 1. The summed E-state index contributed by atoms with van der Waals surface area (Å²) < 4.78 is 7.74. The Morgan fingerprint density at radius 3 is 2.61 bits per heavy atom. The van der Waals surface area contributed by atoms with Crippen molar-refractivity contribution in [1.82, 2.24) is 30.1 Å². The molecular weight excluding hydrogens is 476 g/mol. The number of fused-ring (bicyclic) bond motifs is 1. The molecule has 5 rings (SSSR count). The Kier molecular flexibility index (Phi) is 7.88. The smallest absolute Gasteiger partial charge is 0.252 e. The zero-order valence-corrected chi connectivity index (χ0v) is 22.9. The normalized spacial score (nSPS) is 15.3. The van der Waals surface area contributed by atoms with E-state index >= 15 is 0 Å². The first-order chi connectivity index (χ1) is 18.5. The minimum atomic E-state index is -0.0637. The molecule has 2 heterocycles. The first-order valence-electron chi connectivity index (χ1n) is 13.7. The summed E-state index contributed by atoms with van der Waals surface area (Å²) in [4.78, 5) is 18.8. The van der Waals surface area contributed by atoms with Crippen molar-refractivity contribution >= 4 is 10.9 Å². The second-order valence-electron chi connectivity index (χ2n) is 10.6. The fourth-order valence-electron chi connectivity index (χ4n) is 6.01. The van der Waals surface area contributed by atoms with Gasteiger partial charge in [-0.3, -0.25) is 9.69 Å². The van der Waals surface area contributed by atoms with Crippen LogP contribution in [0.15, 0.2) is 47.3 Å². The number of aromatic amines is 1. The Bertz CT molecular complexity index is 1450. The fraction of sp³-hybridized carbons (Fsp3) is 0.467. The van der Waals surface area contributed by atoms with Gasteiger partial charge in [0.1, 0.15) is 5.75 Å². The van der Waals surface area contributed by atoms with Gasteiger partial charge in [0.25, 0.3) is 5.56 Å². The van der Waals surface area contributed by atoms with Crippen LogP contribution >= 0.6 is 0 Å². The molecule has 1 saturated carbocycles. The average Bonchev–Trinajstić information content (AvgIpc) is 3.40. The van der Waals surface area contributed by atoms with E-state index in [-0.39, 0.29) is 11.6 Å². The Morgan fingerprint density at radius 2 is 1.84 bits per heavy atom. The molecule has 1 fully saturated rings. The fourth-order valence-corrected chi connectivity index (χ4v) is 6.01. The van der Waals surface area contributed by atoms with Crippen LogP contribution < -0.4 is 10.3 Å². The highest BCUT2D eigenvalue weighted by Crippen LogP contribution is 2.33. The molecule has 1 aliphatic rings. The van der Waals surface area contributed by atoms with Crippen LogP contribution in [-0.4, -0.2) is 37.2 Å². The molecule has 0 aliphatic heterocycles. The number of benzene rings is 2. The van der Waals surface area contributed by atoms with Crippen LogP contribution in [0.3, 0.4) is 0 Å². The summed E-state index contributed by atoms with van der Waals surface area (Å²) >= 11 is 0. The topological polar surface area (TPSA) is 88.9 Å². The maximum atomic E-state index is 13.3. The van der Waals surface area contributed by atoms with Crippen molar-refractivity contribution in [3.63, 3.8) is 0 Å². The van der Waals surface area contributed by atoms with E-state index in [1.165, 1.54) is 24.8 Å². The monoisotopic (exact) mass is 514 g/mol. The number of nitrogens with zero attached hydrogens (tertiary/aromatic N) is 5. The van der Waals surface area contributed by atoms with Gasteiger partial charge in [-0.1, -0.05) is 56.0 Å². The van der Waals surface area contributed by atoms with Crippen molar-refractivity contribution in [2.75, 3.05) is 7.11 Å². The molecule has 2 aromatic carbocycles. The number of aromatic nitrogens is 5. The first kappa shape index (κ1) is 26.1. The van der Waals surface area contributed by atoms with E-state index in [0.29, 0.717) is 19.1 Å². The lowest BCUT2D eigenvalue weighted by Crippen LogP contribution is -2.33. The second kappa shape index (κ2) is 11.5. The number of rotatable bonds is 9. The van der Waals surface area contributed by atoms with Gasteiger partial charge in [-0.15, -0.1) is 5.10 Å². The number of tetrazole rings is 1. The lowest BCUT2D eigenvalue weighted by molar-refractivity contribution is 0.153. The molecule has 200 valence electrons. The summed E-state index contributed by atoms with van der Waals surface area (Å²) in [6, 6.07) is 14.6. The number of ether oxygens (including phenoxy) is 1. The highest BCUT2D eigenvalue weighted by molar-refractivity contribution is 5.82. The van der Waals surface area contributed by atoms with Crippen molar-refractivity contribution < 1.29 is 4.74 Å². The number of H-pyrrole nitrogens is 1. The summed E-state index contributed by atoms with van der Waals surface area (Å²) in [5.41, 5.74) is 4.89. The van der Waals surface area contributed by atoms with Gasteiger partial charge in [0.2, 0.25) is 0 Å². The van der Waals surface area contributed by atoms with Crippen molar-refractivity contribution in [3.05, 3.63) is 80.9 Å². The van der Waals surface area contributed by atoms with Crippen LogP contribution in [-0.2, 0) is 13.1 Å². The molecule has 4 aromatic rings. The van der Waals surface area contributed by atoms with Gasteiger partial charge in [0.05, 0.1) is 24.7 Å². The highest BCUT2D eigenvalue weighted by atomic mass is 16.5. The molecule has 0 saturated heterocycles. The van der Waals surface area contributed by atoms with E-state index < -0.39 is 0 Å². The summed E-state index contributed by atoms with van der Waals surface area (Å²) in [5, 5.41) is 14.2. The van der Waals surface area contributed by atoms with Crippen LogP contribution in [0, 0.1) is 13.8 Å². The standard InChI is InChI=1S/C30H38N6O2/c1-5-26(29-32-33-34-36(29)25-12-7-6-8-13-25)35(18-22-11-9-10-14-27(22)38-4)19-24-17-23-16-20(2)15-21(3)28(23)31-30(24)37/h9-11,14-17,25-26H,5-8,12-13,18-19H2,1-4H3,(H,31,37)/t26-/m1/s1. The molecule has 0 radical (unpaired) electrons. The van der Waals surface area contributed by atoms with E-state index in [4.69, 9.17) is 4.74 Å². The Labute approximate surface area is 224 Å². The van der Waals surface area contributed by atoms with Gasteiger partial charge in [0, 0.05) is 24.2 Å². The van der Waals surface area contributed by atoms with Gasteiger partial charge < -0.3 is 9.72 Å². The van der Waals surface area contributed by atoms with Gasteiger partial charge in [0.15, 0.2) is 5.82 Å². The molecule has 1 aliphatic carbocycles. The van der Waals surface area contributed by atoms with E-state index in [9.17, 15) is 4.79 Å². The molecule has 8 nitrogen and oxygen atoms in total. The van der Waals surface area contributed by atoms with Gasteiger partial charge >= 0.3 is 0 Å². The predicted octanol–water partition coefficient (Wildman–Crippen LogP) is 5.80. The quantitative estimate of drug-likeness (QED) is 0.304. The number of methoxy groups -OCH3 is 1. The second-order valence-corrected chi connectivity index (χ2v) is 10.6. The van der Waals surface area contributed by atoms with Crippen molar-refractivity contribution in [3.8, 4) is 5.75 Å². The third-order valence-electron chi connectivity index (χ3n) is 7.87. The molecule has 0 amide bonds. The van der Waals surface area contributed by atoms with E-state index in [1.807, 2.05) is 31.2 Å². The van der Waals surface area contributed by atoms with Crippen LogP contribution in [0.2, 0.25) is 0 Å². The lowest BCUT2D eigenvalue weighted by atomic mass is 9.95. The van der Waals surface area contributed by atoms with Crippen molar-refractivity contribution in [2.24, 2.45) is 0 Å². The predicted molar refractivity (Wildman–Crippen MR) is 149 cm³/mol. The maximum absolute atomic E-state index is 13.3. The number of hydrogen-bond donors (Lipinski definition) is 1. The number of hydrogen-bond acceptors (Lipinski definition) is 6. The van der Waals surface area contributed by atoms with Crippen LogP contribution in [0.25, 0.3) is 10.9 Å². The molecule has 1 atom stereocenters. The Balaban J connectivity index is 1.56. The minimum absolute atomic E-state index is 0.0591. The van der Waals surface area contributed by atoms with E-state index in [0.717, 1.165) is 58.4 Å². The molecule has 38 heavy (non-hydrogen) atoms. The van der Waals surface area contributed by atoms with Crippen molar-refractivity contribution in [1.29, 1.82) is 0 Å². The molecule has 2 aromatic heterocycles. The zero-order chi connectivity index (χ0) is 26.6. The molecule has 1 N–H and O–H groups in total. The average molecular weight is 515 g/mol. The summed E-state index contributed by atoms with van der Waals surface area (Å²) in [6.45, 7) is 7.36. The van der Waals surface area contributed by atoms with Gasteiger partial charge in [-0.25, -0.2) is 4.68 Å². The lowest BCUT2D eigenvalue weighted by Gasteiger charge is -2.32. The first-order valence-corrected chi connectivity index (χ1v) is 13.7. The zero-order valence-electron chi connectivity index (χ0n) is 22.9.